The van der Waals surface area contributed by atoms with Crippen molar-refractivity contribution >= 4 is 22.9 Å². The minimum atomic E-state index is -0.0509. The molecule has 1 fully saturated rings. The van der Waals surface area contributed by atoms with Crippen molar-refractivity contribution in [3.8, 4) is 0 Å². The topological polar surface area (TPSA) is 63.1 Å². The fourth-order valence-electron chi connectivity index (χ4n) is 3.49. The van der Waals surface area contributed by atoms with Crippen LogP contribution < -0.4 is 5.32 Å². The highest BCUT2D eigenvalue weighted by Crippen LogP contribution is 2.28. The summed E-state index contributed by atoms with van der Waals surface area (Å²) in [6.45, 7) is 3.43. The minimum absolute atomic E-state index is 0.0509. The molecule has 1 N–H and O–H groups in total. The maximum atomic E-state index is 12.5. The van der Waals surface area contributed by atoms with Gasteiger partial charge < -0.3 is 14.8 Å². The van der Waals surface area contributed by atoms with Crippen LogP contribution in [0, 0.1) is 6.92 Å². The minimum Gasteiger partial charge on any atom is -0.324 e. The third-order valence-corrected chi connectivity index (χ3v) is 4.77. The van der Waals surface area contributed by atoms with Gasteiger partial charge in [-0.15, -0.1) is 0 Å². The van der Waals surface area contributed by atoms with Crippen LogP contribution in [0.25, 0.3) is 11.2 Å². The summed E-state index contributed by atoms with van der Waals surface area (Å²) in [6.07, 6.45) is 2.70. The lowest BCUT2D eigenvalue weighted by atomic mass is 10.1. The number of fused-ring (bicyclic) bond motifs is 1. The van der Waals surface area contributed by atoms with E-state index < -0.39 is 0 Å². The van der Waals surface area contributed by atoms with Crippen LogP contribution in [-0.4, -0.2) is 38.6 Å². The Morgan fingerprint density at radius 1 is 1.28 bits per heavy atom. The van der Waals surface area contributed by atoms with Gasteiger partial charge in [-0.25, -0.2) is 14.8 Å². The van der Waals surface area contributed by atoms with Crippen molar-refractivity contribution in [2.24, 2.45) is 7.05 Å². The molecule has 1 saturated heterocycles. The number of hydrogen-bond donors (Lipinski definition) is 1. The molecule has 1 aliphatic heterocycles. The van der Waals surface area contributed by atoms with Crippen LogP contribution in [0.4, 0.5) is 10.5 Å². The molecule has 0 bridgehead atoms. The smallest absolute Gasteiger partial charge is 0.321 e. The Morgan fingerprint density at radius 3 is 2.96 bits per heavy atom. The molecule has 0 spiro atoms. The molecule has 0 aliphatic carbocycles. The first-order valence-corrected chi connectivity index (χ1v) is 8.52. The standard InChI is InChI=1S/C19H21N5O/c1-13-5-3-6-15(11-13)21-19(25)24-10-8-14(12-24)17-22-16-7-4-9-20-18(16)23(17)2/h3-7,9,11,14H,8,10,12H2,1-2H3,(H,21,25)/t14-/m0/s1. The Balaban J connectivity index is 1.49. The number of pyridine rings is 1. The molecule has 0 saturated carbocycles. The van der Waals surface area contributed by atoms with Crippen LogP contribution in [0.2, 0.25) is 0 Å². The normalized spacial score (nSPS) is 17.2. The second-order valence-electron chi connectivity index (χ2n) is 6.61. The molecule has 3 aromatic rings. The molecular weight excluding hydrogens is 314 g/mol. The molecule has 0 radical (unpaired) electrons. The van der Waals surface area contributed by atoms with E-state index in [1.807, 2.05) is 59.8 Å². The average molecular weight is 335 g/mol. The van der Waals surface area contributed by atoms with E-state index in [-0.39, 0.29) is 11.9 Å². The number of aromatic nitrogens is 3. The number of urea groups is 1. The number of imidazole rings is 1. The van der Waals surface area contributed by atoms with Crippen LogP contribution in [0.5, 0.6) is 0 Å². The van der Waals surface area contributed by atoms with E-state index in [1.165, 1.54) is 0 Å². The second-order valence-corrected chi connectivity index (χ2v) is 6.61. The summed E-state index contributed by atoms with van der Waals surface area (Å²) in [5.41, 5.74) is 3.76. The van der Waals surface area contributed by atoms with E-state index in [4.69, 9.17) is 4.98 Å². The predicted molar refractivity (Wildman–Crippen MR) is 97.6 cm³/mol. The molecule has 6 nitrogen and oxygen atoms in total. The van der Waals surface area contributed by atoms with Gasteiger partial charge in [0.25, 0.3) is 0 Å². The number of nitrogens with one attached hydrogen (secondary N) is 1. The molecule has 4 rings (SSSR count). The first kappa shape index (κ1) is 15.6. The molecule has 2 aromatic heterocycles. The number of likely N-dealkylation sites (tertiary alicyclic amines) is 1. The van der Waals surface area contributed by atoms with E-state index in [0.29, 0.717) is 6.54 Å². The number of amides is 2. The predicted octanol–water partition coefficient (Wildman–Crippen LogP) is 3.30. The fourth-order valence-corrected chi connectivity index (χ4v) is 3.49. The van der Waals surface area contributed by atoms with Gasteiger partial charge in [0, 0.05) is 37.9 Å². The van der Waals surface area contributed by atoms with Crippen LogP contribution in [-0.2, 0) is 7.05 Å². The molecule has 1 aromatic carbocycles. The zero-order valence-electron chi connectivity index (χ0n) is 14.4. The van der Waals surface area contributed by atoms with Crippen molar-refractivity contribution in [1.29, 1.82) is 0 Å². The lowest BCUT2D eigenvalue weighted by Crippen LogP contribution is -2.33. The highest BCUT2D eigenvalue weighted by atomic mass is 16.2. The van der Waals surface area contributed by atoms with Crippen molar-refractivity contribution in [1.82, 2.24) is 19.4 Å². The first-order valence-electron chi connectivity index (χ1n) is 8.52. The molecule has 6 heteroatoms. The molecular formula is C19H21N5O. The number of anilines is 1. The highest BCUT2D eigenvalue weighted by molar-refractivity contribution is 5.89. The van der Waals surface area contributed by atoms with Gasteiger partial charge in [0.05, 0.1) is 0 Å². The van der Waals surface area contributed by atoms with Gasteiger partial charge >= 0.3 is 6.03 Å². The number of nitrogens with zero attached hydrogens (tertiary/aromatic N) is 4. The summed E-state index contributed by atoms with van der Waals surface area (Å²) in [7, 11) is 1.99. The fraction of sp³-hybridized carbons (Fsp3) is 0.316. The van der Waals surface area contributed by atoms with E-state index in [9.17, 15) is 4.79 Å². The van der Waals surface area contributed by atoms with Crippen LogP contribution in [0.15, 0.2) is 42.6 Å². The van der Waals surface area contributed by atoms with Gasteiger partial charge in [0.2, 0.25) is 0 Å². The zero-order chi connectivity index (χ0) is 17.4. The SMILES string of the molecule is Cc1cccc(NC(=O)N2CC[C@H](c3nc4cccnc4n3C)C2)c1. The van der Waals surface area contributed by atoms with Crippen molar-refractivity contribution in [2.45, 2.75) is 19.3 Å². The summed E-state index contributed by atoms with van der Waals surface area (Å²) >= 11 is 0. The van der Waals surface area contributed by atoms with E-state index >= 15 is 0 Å². The van der Waals surface area contributed by atoms with Crippen LogP contribution >= 0.6 is 0 Å². The lowest BCUT2D eigenvalue weighted by molar-refractivity contribution is 0.222. The maximum absolute atomic E-state index is 12.5. The molecule has 0 unspecified atom stereocenters. The van der Waals surface area contributed by atoms with Crippen molar-refractivity contribution < 1.29 is 4.79 Å². The van der Waals surface area contributed by atoms with Gasteiger partial charge in [-0.2, -0.15) is 0 Å². The van der Waals surface area contributed by atoms with E-state index in [2.05, 4.69) is 10.3 Å². The van der Waals surface area contributed by atoms with Crippen LogP contribution in [0.1, 0.15) is 23.7 Å². The summed E-state index contributed by atoms with van der Waals surface area (Å²) in [5.74, 6) is 1.24. The van der Waals surface area contributed by atoms with Gasteiger partial charge in [0.1, 0.15) is 11.3 Å². The molecule has 1 aliphatic rings. The summed E-state index contributed by atoms with van der Waals surface area (Å²) in [6, 6.07) is 11.7. The Hall–Kier alpha value is -2.89. The Bertz CT molecular complexity index is 932. The molecule has 1 atom stereocenters. The average Bonchev–Trinajstić information content (AvgIpc) is 3.20. The Kier molecular flexibility index (Phi) is 3.87. The molecule has 3 heterocycles. The third-order valence-electron chi connectivity index (χ3n) is 4.77. The third kappa shape index (κ3) is 2.95. The van der Waals surface area contributed by atoms with Gasteiger partial charge in [-0.1, -0.05) is 12.1 Å². The number of hydrogen-bond acceptors (Lipinski definition) is 3. The number of carbonyl (C=O) groups excluding carboxylic acids is 1. The largest absolute Gasteiger partial charge is 0.324 e. The van der Waals surface area contributed by atoms with Crippen molar-refractivity contribution in [2.75, 3.05) is 18.4 Å². The van der Waals surface area contributed by atoms with Crippen LogP contribution in [0.3, 0.4) is 0 Å². The van der Waals surface area contributed by atoms with Crippen molar-refractivity contribution in [3.63, 3.8) is 0 Å². The van der Waals surface area contributed by atoms with Crippen molar-refractivity contribution in [3.05, 3.63) is 54.0 Å². The van der Waals surface area contributed by atoms with Gasteiger partial charge in [0.15, 0.2) is 5.65 Å². The highest BCUT2D eigenvalue weighted by Gasteiger charge is 2.30. The quantitative estimate of drug-likeness (QED) is 0.781. The second kappa shape index (κ2) is 6.20. The van der Waals surface area contributed by atoms with Gasteiger partial charge in [-0.3, -0.25) is 0 Å². The number of aryl methyl sites for hydroxylation is 2. The monoisotopic (exact) mass is 335 g/mol. The number of rotatable bonds is 2. The molecule has 2 amide bonds. The lowest BCUT2D eigenvalue weighted by Gasteiger charge is -2.17. The van der Waals surface area contributed by atoms with E-state index in [1.54, 1.807) is 6.20 Å². The summed E-state index contributed by atoms with van der Waals surface area (Å²) in [4.78, 5) is 23.5. The number of benzene rings is 1. The zero-order valence-corrected chi connectivity index (χ0v) is 14.4. The van der Waals surface area contributed by atoms with Gasteiger partial charge in [-0.05, 0) is 43.2 Å². The first-order chi connectivity index (χ1) is 12.1. The molecule has 25 heavy (non-hydrogen) atoms. The number of carbonyl (C=O) groups is 1. The Labute approximate surface area is 146 Å². The molecule has 128 valence electrons. The Morgan fingerprint density at radius 2 is 2.16 bits per heavy atom. The summed E-state index contributed by atoms with van der Waals surface area (Å²) in [5, 5.41) is 2.99. The van der Waals surface area contributed by atoms with E-state index in [0.717, 1.165) is 41.2 Å². The maximum Gasteiger partial charge on any atom is 0.321 e. The summed E-state index contributed by atoms with van der Waals surface area (Å²) < 4.78 is 2.04.